The summed E-state index contributed by atoms with van der Waals surface area (Å²) in [5, 5.41) is 2.78. The predicted molar refractivity (Wildman–Crippen MR) is 91.4 cm³/mol. The van der Waals surface area contributed by atoms with Gasteiger partial charge in [-0.2, -0.15) is 0 Å². The Morgan fingerprint density at radius 1 is 1.29 bits per heavy atom. The first-order valence-electron chi connectivity index (χ1n) is 8.07. The number of carbonyl (C=O) groups excluding carboxylic acids is 2. The Labute approximate surface area is 140 Å². The molecular weight excluding hydrogens is 304 g/mol. The number of hydrogen-bond acceptors (Lipinski definition) is 3. The van der Waals surface area contributed by atoms with Crippen LogP contribution in [0, 0.1) is 0 Å². The lowest BCUT2D eigenvalue weighted by Gasteiger charge is -2.23. The van der Waals surface area contributed by atoms with Crippen molar-refractivity contribution < 1.29 is 14.3 Å². The topological polar surface area (TPSA) is 58.6 Å². The Morgan fingerprint density at radius 2 is 2.12 bits per heavy atom. The summed E-state index contributed by atoms with van der Waals surface area (Å²) in [4.78, 5) is 26.1. The second kappa shape index (κ2) is 5.67. The van der Waals surface area contributed by atoms with Crippen molar-refractivity contribution in [1.82, 2.24) is 0 Å². The van der Waals surface area contributed by atoms with E-state index in [0.29, 0.717) is 17.9 Å². The van der Waals surface area contributed by atoms with Crippen LogP contribution in [0.4, 0.5) is 11.4 Å². The van der Waals surface area contributed by atoms with Crippen molar-refractivity contribution in [2.45, 2.75) is 25.8 Å². The molecule has 2 aliphatic rings. The zero-order chi connectivity index (χ0) is 16.7. The quantitative estimate of drug-likeness (QED) is 0.924. The van der Waals surface area contributed by atoms with E-state index in [2.05, 4.69) is 18.3 Å². The first-order valence-corrected chi connectivity index (χ1v) is 8.07. The van der Waals surface area contributed by atoms with E-state index in [9.17, 15) is 9.59 Å². The minimum atomic E-state index is -0.173. The van der Waals surface area contributed by atoms with Crippen LogP contribution in [0.1, 0.15) is 18.1 Å². The zero-order valence-electron chi connectivity index (χ0n) is 13.4. The molecular formula is C19H18N2O3. The van der Waals surface area contributed by atoms with Gasteiger partial charge in [0.25, 0.3) is 5.91 Å². The van der Waals surface area contributed by atoms with Gasteiger partial charge in [-0.05, 0) is 42.7 Å². The maximum atomic E-state index is 12.8. The number of anilines is 2. The summed E-state index contributed by atoms with van der Waals surface area (Å²) in [6.07, 6.45) is 1.18. The third kappa shape index (κ3) is 2.52. The van der Waals surface area contributed by atoms with Crippen LogP contribution in [0.5, 0.6) is 5.75 Å². The van der Waals surface area contributed by atoms with Gasteiger partial charge in [-0.1, -0.05) is 24.3 Å². The van der Waals surface area contributed by atoms with Crippen LogP contribution in [0.15, 0.2) is 42.5 Å². The van der Waals surface area contributed by atoms with Crippen LogP contribution < -0.4 is 15.0 Å². The van der Waals surface area contributed by atoms with Crippen molar-refractivity contribution in [2.75, 3.05) is 16.8 Å². The SMILES string of the molecule is CC1Cc2ccccc2N1C(=O)Cc1ccc2c(c1)NC(=O)CO2. The lowest BCUT2D eigenvalue weighted by atomic mass is 10.1. The van der Waals surface area contributed by atoms with Crippen LogP contribution in [0.3, 0.4) is 0 Å². The molecule has 0 aliphatic carbocycles. The average Bonchev–Trinajstić information content (AvgIpc) is 2.90. The molecule has 0 aromatic heterocycles. The third-order valence-electron chi connectivity index (χ3n) is 4.51. The first kappa shape index (κ1) is 14.8. The molecule has 24 heavy (non-hydrogen) atoms. The number of benzene rings is 2. The second-order valence-corrected chi connectivity index (χ2v) is 6.29. The van der Waals surface area contributed by atoms with Crippen LogP contribution in [-0.4, -0.2) is 24.5 Å². The molecule has 0 bridgehead atoms. The number of ether oxygens (including phenoxy) is 1. The largest absolute Gasteiger partial charge is 0.482 e. The molecule has 0 saturated heterocycles. The summed E-state index contributed by atoms with van der Waals surface area (Å²) in [5.41, 5.74) is 3.71. The number of nitrogens with zero attached hydrogens (tertiary/aromatic N) is 1. The maximum absolute atomic E-state index is 12.8. The van der Waals surface area contributed by atoms with Crippen LogP contribution in [-0.2, 0) is 22.4 Å². The van der Waals surface area contributed by atoms with Gasteiger partial charge in [-0.15, -0.1) is 0 Å². The molecule has 0 saturated carbocycles. The molecule has 0 fully saturated rings. The first-order chi connectivity index (χ1) is 11.6. The van der Waals surface area contributed by atoms with Gasteiger partial charge in [-0.25, -0.2) is 0 Å². The van der Waals surface area contributed by atoms with Crippen molar-refractivity contribution in [3.8, 4) is 5.75 Å². The van der Waals surface area contributed by atoms with Gasteiger partial charge in [0.1, 0.15) is 5.75 Å². The summed E-state index contributed by atoms with van der Waals surface area (Å²) in [5.74, 6) is 0.536. The molecule has 0 spiro atoms. The van der Waals surface area contributed by atoms with Gasteiger partial charge < -0.3 is 15.0 Å². The average molecular weight is 322 g/mol. The molecule has 1 N–H and O–H groups in total. The predicted octanol–water partition coefficient (Wildman–Crippen LogP) is 2.54. The third-order valence-corrected chi connectivity index (χ3v) is 4.51. The number of para-hydroxylation sites is 1. The maximum Gasteiger partial charge on any atom is 0.262 e. The van der Waals surface area contributed by atoms with E-state index in [1.54, 1.807) is 6.07 Å². The minimum Gasteiger partial charge on any atom is -0.482 e. The molecule has 1 unspecified atom stereocenters. The molecule has 1 atom stereocenters. The molecule has 0 radical (unpaired) electrons. The lowest BCUT2D eigenvalue weighted by Crippen LogP contribution is -2.36. The minimum absolute atomic E-state index is 0.0351. The van der Waals surface area contributed by atoms with Gasteiger partial charge >= 0.3 is 0 Å². The lowest BCUT2D eigenvalue weighted by molar-refractivity contribution is -0.119. The molecule has 2 aliphatic heterocycles. The molecule has 122 valence electrons. The summed E-state index contributed by atoms with van der Waals surface area (Å²) < 4.78 is 5.35. The highest BCUT2D eigenvalue weighted by Gasteiger charge is 2.30. The highest BCUT2D eigenvalue weighted by molar-refractivity contribution is 5.98. The van der Waals surface area contributed by atoms with E-state index in [1.165, 1.54) is 5.56 Å². The highest BCUT2D eigenvalue weighted by Crippen LogP contribution is 2.33. The second-order valence-electron chi connectivity index (χ2n) is 6.29. The number of amides is 2. The molecule has 5 nitrogen and oxygen atoms in total. The fourth-order valence-corrected chi connectivity index (χ4v) is 3.45. The number of fused-ring (bicyclic) bond motifs is 2. The van der Waals surface area contributed by atoms with Gasteiger partial charge in [0.2, 0.25) is 5.91 Å². The fourth-order valence-electron chi connectivity index (χ4n) is 3.45. The van der Waals surface area contributed by atoms with Crippen LogP contribution in [0.25, 0.3) is 0 Å². The van der Waals surface area contributed by atoms with E-state index in [4.69, 9.17) is 4.74 Å². The van der Waals surface area contributed by atoms with E-state index in [0.717, 1.165) is 17.7 Å². The Kier molecular flexibility index (Phi) is 3.49. The molecule has 2 heterocycles. The van der Waals surface area contributed by atoms with Crippen molar-refractivity contribution >= 4 is 23.2 Å². The fraction of sp³-hybridized carbons (Fsp3) is 0.263. The zero-order valence-corrected chi connectivity index (χ0v) is 13.4. The molecule has 5 heteroatoms. The monoisotopic (exact) mass is 322 g/mol. The van der Waals surface area contributed by atoms with E-state index in [1.807, 2.05) is 35.2 Å². The standard InChI is InChI=1S/C19H18N2O3/c1-12-8-14-4-2-3-5-16(14)21(12)19(23)10-13-6-7-17-15(9-13)20-18(22)11-24-17/h2-7,9,12H,8,10-11H2,1H3,(H,20,22). The molecule has 4 rings (SSSR count). The number of carbonyl (C=O) groups is 2. The molecule has 2 aromatic carbocycles. The normalized spacial score (nSPS) is 18.5. The number of hydrogen-bond donors (Lipinski definition) is 1. The smallest absolute Gasteiger partial charge is 0.262 e. The van der Waals surface area contributed by atoms with E-state index in [-0.39, 0.29) is 24.5 Å². The van der Waals surface area contributed by atoms with Crippen molar-refractivity contribution in [3.05, 3.63) is 53.6 Å². The Bertz CT molecular complexity index is 831. The highest BCUT2D eigenvalue weighted by atomic mass is 16.5. The number of nitrogens with one attached hydrogen (secondary N) is 1. The Hall–Kier alpha value is -2.82. The van der Waals surface area contributed by atoms with E-state index >= 15 is 0 Å². The van der Waals surface area contributed by atoms with Crippen LogP contribution >= 0.6 is 0 Å². The summed E-state index contributed by atoms with van der Waals surface area (Å²) in [6, 6.07) is 13.7. The van der Waals surface area contributed by atoms with Crippen LogP contribution in [0.2, 0.25) is 0 Å². The molecule has 2 aromatic rings. The van der Waals surface area contributed by atoms with Gasteiger partial charge in [0, 0.05) is 11.7 Å². The number of rotatable bonds is 2. The van der Waals surface area contributed by atoms with Gasteiger partial charge in [0.05, 0.1) is 12.1 Å². The summed E-state index contributed by atoms with van der Waals surface area (Å²) in [7, 11) is 0. The van der Waals surface area contributed by atoms with Gasteiger partial charge in [0.15, 0.2) is 6.61 Å². The van der Waals surface area contributed by atoms with E-state index < -0.39 is 0 Å². The van der Waals surface area contributed by atoms with Crippen molar-refractivity contribution in [3.63, 3.8) is 0 Å². The van der Waals surface area contributed by atoms with Crippen molar-refractivity contribution in [2.24, 2.45) is 0 Å². The Balaban J connectivity index is 1.57. The van der Waals surface area contributed by atoms with Gasteiger partial charge in [-0.3, -0.25) is 9.59 Å². The summed E-state index contributed by atoms with van der Waals surface area (Å²) >= 11 is 0. The van der Waals surface area contributed by atoms with Crippen molar-refractivity contribution in [1.29, 1.82) is 0 Å². The molecule has 2 amide bonds. The Morgan fingerprint density at radius 3 is 3.00 bits per heavy atom. The summed E-state index contributed by atoms with van der Waals surface area (Å²) in [6.45, 7) is 2.10.